The Morgan fingerprint density at radius 3 is 2.00 bits per heavy atom. The fourth-order valence-corrected chi connectivity index (χ4v) is 1.80. The van der Waals surface area contributed by atoms with Gasteiger partial charge in [-0.05, 0) is 36.7 Å². The lowest BCUT2D eigenvalue weighted by atomic mass is 9.76. The number of hydrogen-bond donors (Lipinski definition) is 0. The Morgan fingerprint density at radius 2 is 1.64 bits per heavy atom. The van der Waals surface area contributed by atoms with E-state index in [2.05, 4.69) is 13.8 Å². The molecule has 0 unspecified atom stereocenters. The minimum atomic E-state index is 0.493. The lowest BCUT2D eigenvalue weighted by Crippen LogP contribution is -2.16. The van der Waals surface area contributed by atoms with Crippen LogP contribution in [0.25, 0.3) is 0 Å². The molecule has 0 atom stereocenters. The second-order valence-corrected chi connectivity index (χ2v) is 4.98. The summed E-state index contributed by atoms with van der Waals surface area (Å²) in [5.74, 6) is 0. The highest BCUT2D eigenvalue weighted by Crippen LogP contribution is 2.39. The molecule has 0 heterocycles. The third kappa shape index (κ3) is 2.68. The van der Waals surface area contributed by atoms with E-state index in [9.17, 15) is 0 Å². The maximum absolute atomic E-state index is 5.69. The SMILES string of the molecule is CC1(C)CCC(=C(Cl)Cl)CC1. The van der Waals surface area contributed by atoms with Gasteiger partial charge in [-0.25, -0.2) is 0 Å². The van der Waals surface area contributed by atoms with Gasteiger partial charge in [0.25, 0.3) is 0 Å². The van der Waals surface area contributed by atoms with Gasteiger partial charge in [-0.15, -0.1) is 0 Å². The molecule has 0 amide bonds. The van der Waals surface area contributed by atoms with E-state index < -0.39 is 0 Å². The summed E-state index contributed by atoms with van der Waals surface area (Å²) < 4.78 is 0.500. The molecule has 0 spiro atoms. The maximum atomic E-state index is 5.69. The van der Waals surface area contributed by atoms with Crippen LogP contribution in [-0.4, -0.2) is 0 Å². The van der Waals surface area contributed by atoms with Crippen molar-refractivity contribution in [3.63, 3.8) is 0 Å². The lowest BCUT2D eigenvalue weighted by Gasteiger charge is -2.30. The molecule has 0 aliphatic heterocycles. The molecule has 0 N–H and O–H groups in total. The molecule has 1 saturated carbocycles. The highest BCUT2D eigenvalue weighted by atomic mass is 35.5. The number of hydrogen-bond acceptors (Lipinski definition) is 0. The van der Waals surface area contributed by atoms with Crippen molar-refractivity contribution in [1.29, 1.82) is 0 Å². The van der Waals surface area contributed by atoms with Crippen LogP contribution in [-0.2, 0) is 0 Å². The van der Waals surface area contributed by atoms with Crippen LogP contribution in [0.15, 0.2) is 10.1 Å². The average molecular weight is 193 g/mol. The molecule has 0 aromatic carbocycles. The first-order valence-corrected chi connectivity index (χ1v) is 4.80. The van der Waals surface area contributed by atoms with E-state index in [0.717, 1.165) is 12.8 Å². The summed E-state index contributed by atoms with van der Waals surface area (Å²) in [6.07, 6.45) is 4.58. The molecule has 1 rings (SSSR count). The molecule has 0 nitrogen and oxygen atoms in total. The van der Waals surface area contributed by atoms with Crippen molar-refractivity contribution in [1.82, 2.24) is 0 Å². The molecule has 11 heavy (non-hydrogen) atoms. The van der Waals surface area contributed by atoms with E-state index in [-0.39, 0.29) is 0 Å². The topological polar surface area (TPSA) is 0 Å². The van der Waals surface area contributed by atoms with Crippen molar-refractivity contribution in [2.24, 2.45) is 5.41 Å². The summed E-state index contributed by atoms with van der Waals surface area (Å²) in [5.41, 5.74) is 1.74. The van der Waals surface area contributed by atoms with Gasteiger partial charge < -0.3 is 0 Å². The van der Waals surface area contributed by atoms with Crippen molar-refractivity contribution >= 4 is 23.2 Å². The Balaban J connectivity index is 2.56. The molecule has 1 fully saturated rings. The van der Waals surface area contributed by atoms with E-state index in [0.29, 0.717) is 9.91 Å². The van der Waals surface area contributed by atoms with Gasteiger partial charge in [-0.2, -0.15) is 0 Å². The first kappa shape index (κ1) is 9.41. The van der Waals surface area contributed by atoms with Gasteiger partial charge in [0.2, 0.25) is 0 Å². The van der Waals surface area contributed by atoms with Crippen molar-refractivity contribution in [3.05, 3.63) is 10.1 Å². The van der Waals surface area contributed by atoms with Crippen LogP contribution in [0.4, 0.5) is 0 Å². The molecular formula is C9H14Cl2. The Bertz CT molecular complexity index is 164. The Labute approximate surface area is 78.6 Å². The quantitative estimate of drug-likeness (QED) is 0.538. The van der Waals surface area contributed by atoms with Gasteiger partial charge in [-0.1, -0.05) is 37.0 Å². The largest absolute Gasteiger partial charge is 0.106 e. The lowest BCUT2D eigenvalue weighted by molar-refractivity contribution is 0.278. The fourth-order valence-electron chi connectivity index (χ4n) is 1.42. The first-order valence-electron chi connectivity index (χ1n) is 4.04. The second kappa shape index (κ2) is 3.37. The van der Waals surface area contributed by atoms with Crippen LogP contribution >= 0.6 is 23.2 Å². The summed E-state index contributed by atoms with van der Waals surface area (Å²) in [6, 6.07) is 0. The van der Waals surface area contributed by atoms with E-state index in [4.69, 9.17) is 23.2 Å². The van der Waals surface area contributed by atoms with Crippen molar-refractivity contribution in [2.45, 2.75) is 39.5 Å². The van der Waals surface area contributed by atoms with Crippen LogP contribution in [0.3, 0.4) is 0 Å². The van der Waals surface area contributed by atoms with Crippen molar-refractivity contribution in [2.75, 3.05) is 0 Å². The van der Waals surface area contributed by atoms with Crippen molar-refractivity contribution < 1.29 is 0 Å². The summed E-state index contributed by atoms with van der Waals surface area (Å²) in [4.78, 5) is 0. The molecule has 1 aliphatic carbocycles. The zero-order valence-electron chi connectivity index (χ0n) is 7.08. The molecule has 0 bridgehead atoms. The molecular weight excluding hydrogens is 179 g/mol. The smallest absolute Gasteiger partial charge is 0.0709 e. The monoisotopic (exact) mass is 192 g/mol. The number of rotatable bonds is 0. The van der Waals surface area contributed by atoms with Crippen LogP contribution in [0.2, 0.25) is 0 Å². The molecule has 0 aromatic heterocycles. The zero-order chi connectivity index (χ0) is 8.48. The molecule has 0 radical (unpaired) electrons. The van der Waals surface area contributed by atoms with E-state index in [1.807, 2.05) is 0 Å². The minimum absolute atomic E-state index is 0.493. The molecule has 0 saturated heterocycles. The van der Waals surface area contributed by atoms with Gasteiger partial charge in [0.15, 0.2) is 0 Å². The maximum Gasteiger partial charge on any atom is 0.106 e. The normalized spacial score (nSPS) is 23.5. The van der Waals surface area contributed by atoms with Crippen LogP contribution < -0.4 is 0 Å². The Hall–Kier alpha value is 0.320. The third-order valence-electron chi connectivity index (χ3n) is 2.47. The summed E-state index contributed by atoms with van der Waals surface area (Å²) in [5, 5.41) is 0. The van der Waals surface area contributed by atoms with E-state index >= 15 is 0 Å². The fraction of sp³-hybridized carbons (Fsp3) is 0.778. The van der Waals surface area contributed by atoms with Gasteiger partial charge in [-0.3, -0.25) is 0 Å². The number of halogens is 2. The van der Waals surface area contributed by atoms with Gasteiger partial charge in [0.05, 0.1) is 0 Å². The summed E-state index contributed by atoms with van der Waals surface area (Å²) in [7, 11) is 0. The van der Waals surface area contributed by atoms with Gasteiger partial charge in [0.1, 0.15) is 4.49 Å². The number of allylic oxidation sites excluding steroid dienone is 1. The van der Waals surface area contributed by atoms with Crippen LogP contribution in [0.5, 0.6) is 0 Å². The minimum Gasteiger partial charge on any atom is -0.0709 e. The second-order valence-electron chi connectivity index (χ2n) is 4.03. The van der Waals surface area contributed by atoms with E-state index in [1.54, 1.807) is 0 Å². The standard InChI is InChI=1S/C9H14Cl2/c1-9(2)5-3-7(4-6-9)8(10)11/h3-6H2,1-2H3. The molecule has 64 valence electrons. The Kier molecular flexibility index (Phi) is 2.88. The highest BCUT2D eigenvalue weighted by molar-refractivity contribution is 6.56. The van der Waals surface area contributed by atoms with Gasteiger partial charge in [0, 0.05) is 0 Å². The predicted octanol–water partition coefficient (Wildman–Crippen LogP) is 4.28. The third-order valence-corrected chi connectivity index (χ3v) is 3.01. The molecule has 2 heteroatoms. The van der Waals surface area contributed by atoms with Crippen molar-refractivity contribution in [3.8, 4) is 0 Å². The predicted molar refractivity (Wildman–Crippen MR) is 51.0 cm³/mol. The summed E-state index contributed by atoms with van der Waals surface area (Å²) in [6.45, 7) is 4.60. The Morgan fingerprint density at radius 1 is 1.18 bits per heavy atom. The first-order chi connectivity index (χ1) is 5.01. The van der Waals surface area contributed by atoms with Gasteiger partial charge >= 0.3 is 0 Å². The highest BCUT2D eigenvalue weighted by Gasteiger charge is 2.24. The van der Waals surface area contributed by atoms with Crippen LogP contribution in [0, 0.1) is 5.41 Å². The molecule has 0 aromatic rings. The summed E-state index contributed by atoms with van der Waals surface area (Å²) >= 11 is 11.4. The zero-order valence-corrected chi connectivity index (χ0v) is 8.60. The van der Waals surface area contributed by atoms with Crippen LogP contribution in [0.1, 0.15) is 39.5 Å². The average Bonchev–Trinajstić information content (AvgIpc) is 1.86. The van der Waals surface area contributed by atoms with E-state index in [1.165, 1.54) is 18.4 Å². The molecule has 1 aliphatic rings.